The molecule has 2 nitrogen and oxygen atoms in total. The van der Waals surface area contributed by atoms with Crippen molar-refractivity contribution in [1.29, 1.82) is 0 Å². The lowest BCUT2D eigenvalue weighted by atomic mass is 10.6. The van der Waals surface area contributed by atoms with Gasteiger partial charge in [-0.3, -0.25) is 4.79 Å². The number of carbonyl (C=O) groups is 1. The molecule has 0 saturated heterocycles. The van der Waals surface area contributed by atoms with Gasteiger partial charge in [0, 0.05) is 11.8 Å². The average molecular weight is 129 g/mol. The zero-order valence-corrected chi connectivity index (χ0v) is 4.53. The van der Waals surface area contributed by atoms with E-state index < -0.39 is 5.24 Å². The Bertz CT molecular complexity index is 200. The molecular formula is C5HClO2. The van der Waals surface area contributed by atoms with Crippen molar-refractivity contribution in [3.05, 3.63) is 17.5 Å². The molecule has 0 rings (SSSR count). The molecule has 3 heteroatoms. The molecule has 0 N–H and O–H groups in total. The highest BCUT2D eigenvalue weighted by molar-refractivity contribution is 6.66. The smallest absolute Gasteiger partial charge is 0.253 e. The Morgan fingerprint density at radius 2 is 2.25 bits per heavy atom. The van der Waals surface area contributed by atoms with Gasteiger partial charge in [-0.1, -0.05) is 5.73 Å². The SMILES string of the molecule is O=C=C=C=CC(=O)Cl. The van der Waals surface area contributed by atoms with Gasteiger partial charge in [0.15, 0.2) is 5.94 Å². The fourth-order valence-electron chi connectivity index (χ4n) is 0.122. The first-order valence-electron chi connectivity index (χ1n) is 1.67. The third-order valence-corrected chi connectivity index (χ3v) is 0.418. The van der Waals surface area contributed by atoms with Gasteiger partial charge in [-0.05, 0) is 11.6 Å². The van der Waals surface area contributed by atoms with E-state index in [-0.39, 0.29) is 0 Å². The maximum atomic E-state index is 9.80. The van der Waals surface area contributed by atoms with Crippen LogP contribution in [0.2, 0.25) is 0 Å². The van der Waals surface area contributed by atoms with Crippen molar-refractivity contribution < 1.29 is 9.59 Å². The number of halogens is 1. The minimum atomic E-state index is -0.687. The largest absolute Gasteiger partial charge is 0.276 e. The van der Waals surface area contributed by atoms with Crippen molar-refractivity contribution in [3.63, 3.8) is 0 Å². The van der Waals surface area contributed by atoms with E-state index in [4.69, 9.17) is 11.6 Å². The Morgan fingerprint density at radius 1 is 1.62 bits per heavy atom. The van der Waals surface area contributed by atoms with Crippen LogP contribution in [-0.2, 0) is 9.59 Å². The number of hydrogen-bond acceptors (Lipinski definition) is 2. The van der Waals surface area contributed by atoms with E-state index in [1.807, 2.05) is 5.73 Å². The van der Waals surface area contributed by atoms with Crippen LogP contribution in [0.5, 0.6) is 0 Å². The molecule has 0 saturated carbocycles. The summed E-state index contributed by atoms with van der Waals surface area (Å²) in [6.45, 7) is 0. The molecule has 0 fully saturated rings. The molecule has 0 amide bonds. The quantitative estimate of drug-likeness (QED) is 0.222. The van der Waals surface area contributed by atoms with E-state index in [2.05, 4.69) is 5.73 Å². The second-order valence-electron chi connectivity index (χ2n) is 0.820. The molecule has 0 aliphatic heterocycles. The van der Waals surface area contributed by atoms with Gasteiger partial charge < -0.3 is 0 Å². The van der Waals surface area contributed by atoms with Crippen LogP contribution < -0.4 is 0 Å². The molecule has 0 spiro atoms. The zero-order chi connectivity index (χ0) is 6.41. The van der Waals surface area contributed by atoms with Crippen molar-refractivity contribution in [2.75, 3.05) is 0 Å². The summed E-state index contributed by atoms with van der Waals surface area (Å²) in [6, 6.07) is 0. The molecule has 0 bridgehead atoms. The first kappa shape index (κ1) is 6.97. The van der Waals surface area contributed by atoms with Crippen LogP contribution >= 0.6 is 11.6 Å². The summed E-state index contributed by atoms with van der Waals surface area (Å²) in [6.07, 6.45) is 0.881. The van der Waals surface area contributed by atoms with Crippen molar-refractivity contribution in [1.82, 2.24) is 0 Å². The van der Waals surface area contributed by atoms with E-state index in [1.54, 1.807) is 0 Å². The second-order valence-corrected chi connectivity index (χ2v) is 1.19. The third-order valence-electron chi connectivity index (χ3n) is 0.309. The summed E-state index contributed by atoms with van der Waals surface area (Å²) in [5.74, 6) is 1.27. The monoisotopic (exact) mass is 128 g/mol. The lowest BCUT2D eigenvalue weighted by Gasteiger charge is -1.59. The Morgan fingerprint density at radius 3 is 2.62 bits per heavy atom. The summed E-state index contributed by atoms with van der Waals surface area (Å²) in [5, 5.41) is -0.687. The number of carbonyl (C=O) groups excluding carboxylic acids is 2. The highest BCUT2D eigenvalue weighted by Gasteiger charge is 1.78. The first-order valence-corrected chi connectivity index (χ1v) is 2.05. The molecular weight excluding hydrogens is 128 g/mol. The highest BCUT2D eigenvalue weighted by Crippen LogP contribution is 1.76. The molecule has 8 heavy (non-hydrogen) atoms. The van der Waals surface area contributed by atoms with Crippen molar-refractivity contribution >= 4 is 22.8 Å². The minimum Gasteiger partial charge on any atom is -0.276 e. The molecule has 0 atom stereocenters. The molecule has 40 valence electrons. The fourth-order valence-corrected chi connectivity index (χ4v) is 0.177. The number of allylic oxidation sites excluding steroid dienone is 1. The summed E-state index contributed by atoms with van der Waals surface area (Å²) >= 11 is 4.79. The molecule has 0 aliphatic rings. The average Bonchev–Trinajstić information content (AvgIpc) is 1.66. The van der Waals surface area contributed by atoms with Gasteiger partial charge in [0.2, 0.25) is 0 Å². The first-order chi connectivity index (χ1) is 3.77. The normalized spacial score (nSPS) is 5.62. The topological polar surface area (TPSA) is 34.1 Å². The van der Waals surface area contributed by atoms with Crippen LogP contribution in [0, 0.1) is 0 Å². The van der Waals surface area contributed by atoms with Crippen molar-refractivity contribution in [3.8, 4) is 0 Å². The maximum absolute atomic E-state index is 9.80. The lowest BCUT2D eigenvalue weighted by Crippen LogP contribution is -1.69. The summed E-state index contributed by atoms with van der Waals surface area (Å²) in [5.41, 5.74) is 3.92. The van der Waals surface area contributed by atoms with E-state index in [0.717, 1.165) is 6.08 Å². The van der Waals surface area contributed by atoms with E-state index in [1.165, 1.54) is 5.94 Å². The standard InChI is InChI=1S/C5HClO2/c6-5(8)3-1-2-4-7/h3H. The van der Waals surface area contributed by atoms with Crippen LogP contribution in [0.1, 0.15) is 0 Å². The molecule has 0 heterocycles. The number of hydrogen-bond donors (Lipinski definition) is 0. The maximum Gasteiger partial charge on any atom is 0.253 e. The van der Waals surface area contributed by atoms with Gasteiger partial charge >= 0.3 is 0 Å². The molecule has 0 aromatic heterocycles. The molecule has 0 aliphatic carbocycles. The van der Waals surface area contributed by atoms with E-state index in [9.17, 15) is 9.59 Å². The highest BCUT2D eigenvalue weighted by atomic mass is 35.5. The lowest BCUT2D eigenvalue weighted by molar-refractivity contribution is -0.107. The predicted molar refractivity (Wildman–Crippen MR) is 28.1 cm³/mol. The zero-order valence-electron chi connectivity index (χ0n) is 3.77. The van der Waals surface area contributed by atoms with E-state index in [0.29, 0.717) is 0 Å². The summed E-state index contributed by atoms with van der Waals surface area (Å²) < 4.78 is 0. The van der Waals surface area contributed by atoms with Gasteiger partial charge in [0.05, 0.1) is 0 Å². The third kappa shape index (κ3) is 4.97. The molecule has 0 aromatic rings. The van der Waals surface area contributed by atoms with Gasteiger partial charge in [-0.15, -0.1) is 0 Å². The Hall–Kier alpha value is -1.03. The molecule has 0 radical (unpaired) electrons. The summed E-state index contributed by atoms with van der Waals surface area (Å²) in [4.78, 5) is 19.1. The van der Waals surface area contributed by atoms with Gasteiger partial charge in [-0.2, -0.15) is 0 Å². The van der Waals surface area contributed by atoms with Crippen molar-refractivity contribution in [2.24, 2.45) is 0 Å². The van der Waals surface area contributed by atoms with Gasteiger partial charge in [-0.25, -0.2) is 4.79 Å². The van der Waals surface area contributed by atoms with Crippen LogP contribution in [0.15, 0.2) is 17.5 Å². The van der Waals surface area contributed by atoms with Gasteiger partial charge in [0.25, 0.3) is 5.24 Å². The van der Waals surface area contributed by atoms with Crippen LogP contribution in [0.4, 0.5) is 0 Å². The fraction of sp³-hybridized carbons (Fsp3) is 0. The number of rotatable bonds is 1. The second kappa shape index (κ2) is 4.14. The Kier molecular flexibility index (Phi) is 3.60. The van der Waals surface area contributed by atoms with E-state index >= 15 is 0 Å². The summed E-state index contributed by atoms with van der Waals surface area (Å²) in [7, 11) is 0. The van der Waals surface area contributed by atoms with Crippen LogP contribution in [0.3, 0.4) is 0 Å². The van der Waals surface area contributed by atoms with Crippen LogP contribution in [-0.4, -0.2) is 11.2 Å². The Labute approximate surface area is 50.8 Å². The van der Waals surface area contributed by atoms with Crippen LogP contribution in [0.25, 0.3) is 0 Å². The Balaban J connectivity index is 4.26. The van der Waals surface area contributed by atoms with Crippen molar-refractivity contribution in [2.45, 2.75) is 0 Å². The predicted octanol–water partition coefficient (Wildman–Crippen LogP) is 0.450. The molecule has 0 unspecified atom stereocenters. The minimum absolute atomic E-state index is 0.687. The molecule has 0 aromatic carbocycles. The van der Waals surface area contributed by atoms with Gasteiger partial charge in [0.1, 0.15) is 0 Å².